The number of hydrogen-bond donors (Lipinski definition) is 6. The summed E-state index contributed by atoms with van der Waals surface area (Å²) in [6.45, 7) is 1.27. The third-order valence-corrected chi connectivity index (χ3v) is 3.07. The Labute approximate surface area is 149 Å². The van der Waals surface area contributed by atoms with Crippen LogP contribution in [0.2, 0.25) is 0 Å². The van der Waals surface area contributed by atoms with E-state index in [1.807, 2.05) is 0 Å². The molecule has 1 aromatic carbocycles. The molecule has 0 aromatic heterocycles. The van der Waals surface area contributed by atoms with Crippen LogP contribution in [0.4, 0.5) is 0 Å². The number of nitrogens with two attached hydrogens (primary N) is 2. The average molecular weight is 369 g/mol. The van der Waals surface area contributed by atoms with Gasteiger partial charge < -0.3 is 32.1 Å². The van der Waals surface area contributed by atoms with E-state index in [0.29, 0.717) is 0 Å². The minimum atomic E-state index is -1.11. The molecule has 10 heteroatoms. The normalized spacial score (nSPS) is 12.1. The Morgan fingerprint density at radius 2 is 1.62 bits per heavy atom. The van der Waals surface area contributed by atoms with Crippen LogP contribution in [0.15, 0.2) is 24.3 Å². The van der Waals surface area contributed by atoms with Crippen LogP contribution in [0.1, 0.15) is 25.3 Å². The van der Waals surface area contributed by atoms with Crippen LogP contribution < -0.4 is 16.8 Å². The van der Waals surface area contributed by atoms with Gasteiger partial charge in [-0.3, -0.25) is 14.4 Å². The fraction of sp³-hybridized carbons (Fsp3) is 0.375. The van der Waals surface area contributed by atoms with Crippen LogP contribution in [-0.4, -0.2) is 51.2 Å². The largest absolute Gasteiger partial charge is 0.508 e. The Hall–Kier alpha value is -3.14. The minimum absolute atomic E-state index is 0.0213. The van der Waals surface area contributed by atoms with Crippen molar-refractivity contribution in [3.05, 3.63) is 29.8 Å². The van der Waals surface area contributed by atoms with E-state index in [1.54, 1.807) is 12.1 Å². The van der Waals surface area contributed by atoms with E-state index in [2.05, 4.69) is 5.32 Å². The minimum Gasteiger partial charge on any atom is -0.508 e. The van der Waals surface area contributed by atoms with Crippen molar-refractivity contribution >= 4 is 23.8 Å². The van der Waals surface area contributed by atoms with E-state index in [0.717, 1.165) is 5.56 Å². The summed E-state index contributed by atoms with van der Waals surface area (Å²) in [4.78, 5) is 41.8. The number of aliphatic carboxylic acids is 2. The van der Waals surface area contributed by atoms with Gasteiger partial charge in [-0.2, -0.15) is 0 Å². The zero-order chi connectivity index (χ0) is 20.3. The highest BCUT2D eigenvalue weighted by atomic mass is 16.4. The fourth-order valence-corrected chi connectivity index (χ4v) is 1.73. The Kier molecular flexibility index (Phi) is 10.0. The average Bonchev–Trinajstić information content (AvgIpc) is 2.53. The molecular formula is C16H23N3O7. The number of carboxylic acid groups (broad SMARTS) is 2. The first kappa shape index (κ1) is 22.9. The molecule has 0 saturated heterocycles. The summed E-state index contributed by atoms with van der Waals surface area (Å²) in [7, 11) is 0. The lowest BCUT2D eigenvalue weighted by atomic mass is 10.1. The number of hydrogen-bond acceptors (Lipinski definition) is 6. The summed E-state index contributed by atoms with van der Waals surface area (Å²) in [5.74, 6) is -2.98. The van der Waals surface area contributed by atoms with Crippen molar-refractivity contribution in [2.45, 2.75) is 38.3 Å². The van der Waals surface area contributed by atoms with E-state index in [4.69, 9.17) is 26.8 Å². The molecule has 0 aliphatic heterocycles. The second-order valence-electron chi connectivity index (χ2n) is 5.41. The molecule has 0 radical (unpaired) electrons. The summed E-state index contributed by atoms with van der Waals surface area (Å²) in [5, 5.41) is 28.5. The summed E-state index contributed by atoms with van der Waals surface area (Å²) in [6.07, 6.45) is 0.313. The molecule has 0 heterocycles. The van der Waals surface area contributed by atoms with Crippen molar-refractivity contribution in [2.75, 3.05) is 0 Å². The van der Waals surface area contributed by atoms with Crippen molar-refractivity contribution < 1.29 is 34.5 Å². The second kappa shape index (κ2) is 11.4. The van der Waals surface area contributed by atoms with Gasteiger partial charge in [-0.15, -0.1) is 0 Å². The third-order valence-electron chi connectivity index (χ3n) is 3.07. The molecule has 0 saturated carbocycles. The number of carboxylic acids is 2. The summed E-state index contributed by atoms with van der Waals surface area (Å²) in [6, 6.07) is 4.26. The number of nitrogens with one attached hydrogen (secondary N) is 1. The number of phenols is 1. The number of carbonyl (C=O) groups is 4. The van der Waals surface area contributed by atoms with Crippen LogP contribution in [0.3, 0.4) is 0 Å². The summed E-state index contributed by atoms with van der Waals surface area (Å²) in [5.41, 5.74) is 10.5. The van der Waals surface area contributed by atoms with Gasteiger partial charge in [0, 0.05) is 19.8 Å². The lowest BCUT2D eigenvalue weighted by molar-refractivity contribution is -0.141. The maximum Gasteiger partial charge on any atom is 0.326 e. The number of carbonyl (C=O) groups excluding carboxylic acids is 2. The Balaban J connectivity index is 0.000000541. The van der Waals surface area contributed by atoms with Gasteiger partial charge in [0.2, 0.25) is 11.8 Å². The van der Waals surface area contributed by atoms with Crippen LogP contribution in [0.5, 0.6) is 5.75 Å². The number of amides is 2. The van der Waals surface area contributed by atoms with Crippen LogP contribution >= 0.6 is 0 Å². The number of phenolic OH excluding ortho intramolecular Hbond substituents is 1. The molecule has 144 valence electrons. The van der Waals surface area contributed by atoms with Crippen molar-refractivity contribution in [2.24, 2.45) is 11.5 Å². The second-order valence-corrected chi connectivity index (χ2v) is 5.41. The van der Waals surface area contributed by atoms with Crippen molar-refractivity contribution in [3.8, 4) is 5.75 Å². The highest BCUT2D eigenvalue weighted by Crippen LogP contribution is 2.11. The molecule has 0 aliphatic rings. The molecule has 1 rings (SSSR count). The molecule has 8 N–H and O–H groups in total. The first-order valence-electron chi connectivity index (χ1n) is 7.57. The third kappa shape index (κ3) is 10.6. The van der Waals surface area contributed by atoms with Crippen LogP contribution in [0, 0.1) is 0 Å². The first-order chi connectivity index (χ1) is 12.0. The predicted molar refractivity (Wildman–Crippen MR) is 91.1 cm³/mol. The Bertz CT molecular complexity index is 631. The molecule has 0 aliphatic carbocycles. The van der Waals surface area contributed by atoms with Crippen LogP contribution in [-0.2, 0) is 25.6 Å². The zero-order valence-electron chi connectivity index (χ0n) is 14.2. The van der Waals surface area contributed by atoms with Gasteiger partial charge in [0.1, 0.15) is 17.8 Å². The first-order valence-corrected chi connectivity index (χ1v) is 7.57. The number of aromatic hydroxyl groups is 1. The molecule has 0 spiro atoms. The van der Waals surface area contributed by atoms with Gasteiger partial charge in [-0.1, -0.05) is 12.1 Å². The Morgan fingerprint density at radius 1 is 1.08 bits per heavy atom. The van der Waals surface area contributed by atoms with E-state index in [-0.39, 0.29) is 30.9 Å². The molecule has 0 unspecified atom stereocenters. The number of rotatable bonds is 8. The maximum atomic E-state index is 10.8. The van der Waals surface area contributed by atoms with E-state index in [9.17, 15) is 19.2 Å². The molecule has 0 fully saturated rings. The molecule has 2 atom stereocenters. The highest BCUT2D eigenvalue weighted by Gasteiger charge is 2.18. The zero-order valence-corrected chi connectivity index (χ0v) is 14.2. The predicted octanol–water partition coefficient (Wildman–Crippen LogP) is -0.812. The topological polar surface area (TPSA) is 193 Å². The molecular weight excluding hydrogens is 346 g/mol. The summed E-state index contributed by atoms with van der Waals surface area (Å²) < 4.78 is 0. The number of benzene rings is 1. The smallest absolute Gasteiger partial charge is 0.326 e. The summed E-state index contributed by atoms with van der Waals surface area (Å²) >= 11 is 0. The van der Waals surface area contributed by atoms with Crippen LogP contribution in [0.25, 0.3) is 0 Å². The van der Waals surface area contributed by atoms with Gasteiger partial charge in [-0.25, -0.2) is 4.79 Å². The van der Waals surface area contributed by atoms with E-state index < -0.39 is 29.9 Å². The van der Waals surface area contributed by atoms with Gasteiger partial charge >= 0.3 is 11.9 Å². The highest BCUT2D eigenvalue weighted by molar-refractivity contribution is 5.82. The fourth-order valence-electron chi connectivity index (χ4n) is 1.73. The monoisotopic (exact) mass is 369 g/mol. The van der Waals surface area contributed by atoms with Crippen molar-refractivity contribution in [3.63, 3.8) is 0 Å². The quantitative estimate of drug-likeness (QED) is 0.342. The van der Waals surface area contributed by atoms with Gasteiger partial charge in [0.15, 0.2) is 0 Å². The van der Waals surface area contributed by atoms with Gasteiger partial charge in [0.05, 0.1) is 0 Å². The molecule has 1 aromatic rings. The molecule has 0 bridgehead atoms. The standard InChI is InChI=1S/C11H13NO4.C5H10N2O3/c1-7(13)12-10(11(15)16)6-8-2-4-9(14)5-3-8;6-3(5(9)10)1-2-4(7)8/h2-5,10,14H,6H2,1H3,(H,12,13)(H,15,16);3H,1-2,6H2,(H2,7,8)(H,9,10)/t10-;3-/m00/s1. The SMILES string of the molecule is CC(=O)N[C@@H](Cc1ccc(O)cc1)C(=O)O.NC(=O)CC[C@H](N)C(=O)O. The lowest BCUT2D eigenvalue weighted by Crippen LogP contribution is -2.41. The van der Waals surface area contributed by atoms with E-state index >= 15 is 0 Å². The lowest BCUT2D eigenvalue weighted by Gasteiger charge is -2.13. The van der Waals surface area contributed by atoms with Gasteiger partial charge in [0.25, 0.3) is 0 Å². The van der Waals surface area contributed by atoms with Crippen molar-refractivity contribution in [1.29, 1.82) is 0 Å². The van der Waals surface area contributed by atoms with Gasteiger partial charge in [-0.05, 0) is 24.1 Å². The molecule has 2 amide bonds. The Morgan fingerprint density at radius 3 is 2.00 bits per heavy atom. The molecule has 10 nitrogen and oxygen atoms in total. The number of primary amides is 1. The van der Waals surface area contributed by atoms with E-state index in [1.165, 1.54) is 19.1 Å². The molecule has 26 heavy (non-hydrogen) atoms. The van der Waals surface area contributed by atoms with Crippen molar-refractivity contribution in [1.82, 2.24) is 5.32 Å². The maximum absolute atomic E-state index is 10.8.